The summed E-state index contributed by atoms with van der Waals surface area (Å²) >= 11 is 0. The molecule has 0 atom stereocenters. The highest BCUT2D eigenvalue weighted by Gasteiger charge is 2.08. The van der Waals surface area contributed by atoms with Crippen molar-refractivity contribution in [1.29, 1.82) is 0 Å². The third-order valence-corrected chi connectivity index (χ3v) is 2.67. The highest BCUT2D eigenvalue weighted by Crippen LogP contribution is 2.26. The van der Waals surface area contributed by atoms with Crippen LogP contribution in [0.4, 0.5) is 14.5 Å². The molecule has 0 aliphatic carbocycles. The molecular formula is C13H11F2NO. The highest BCUT2D eigenvalue weighted by atomic mass is 19.3. The maximum atomic E-state index is 12.5. The molecule has 2 aromatic carbocycles. The van der Waals surface area contributed by atoms with Crippen molar-refractivity contribution in [2.24, 2.45) is 0 Å². The minimum Gasteiger partial charge on any atom is -0.318 e. The molecule has 0 saturated heterocycles. The van der Waals surface area contributed by atoms with Crippen LogP contribution in [0.3, 0.4) is 0 Å². The largest absolute Gasteiger partial charge is 0.318 e. The van der Waals surface area contributed by atoms with E-state index in [1.165, 1.54) is 17.0 Å². The Morgan fingerprint density at radius 3 is 2.41 bits per heavy atom. The van der Waals surface area contributed by atoms with Crippen molar-refractivity contribution < 1.29 is 13.6 Å². The van der Waals surface area contributed by atoms with Gasteiger partial charge in [-0.25, -0.2) is 8.78 Å². The molecule has 4 heteroatoms. The molecule has 0 saturated carbocycles. The monoisotopic (exact) mass is 235 g/mol. The number of hydrogen-bond acceptors (Lipinski definition) is 1. The van der Waals surface area contributed by atoms with Crippen LogP contribution in [0.1, 0.15) is 12.0 Å². The lowest BCUT2D eigenvalue weighted by Gasteiger charge is -2.11. The lowest BCUT2D eigenvalue weighted by Crippen LogP contribution is -2.13. The fourth-order valence-corrected chi connectivity index (χ4v) is 1.67. The Bertz CT molecular complexity index is 554. The molecule has 0 spiro atoms. The van der Waals surface area contributed by atoms with E-state index in [4.69, 9.17) is 0 Å². The van der Waals surface area contributed by atoms with Crippen LogP contribution in [-0.2, 0) is 4.79 Å². The Morgan fingerprint density at radius 1 is 1.12 bits per heavy atom. The number of rotatable bonds is 3. The second-order valence-corrected chi connectivity index (χ2v) is 3.81. The fourth-order valence-electron chi connectivity index (χ4n) is 1.67. The summed E-state index contributed by atoms with van der Waals surface area (Å²) in [5.74, 6) is 0. The van der Waals surface area contributed by atoms with E-state index < -0.39 is 6.43 Å². The van der Waals surface area contributed by atoms with E-state index in [0.29, 0.717) is 6.41 Å². The number of nitrogens with zero attached hydrogens (tertiary/aromatic N) is 1. The van der Waals surface area contributed by atoms with Crippen molar-refractivity contribution in [3.63, 3.8) is 0 Å². The van der Waals surface area contributed by atoms with Crippen LogP contribution in [-0.4, -0.2) is 13.5 Å². The van der Waals surface area contributed by atoms with Crippen molar-refractivity contribution in [1.82, 2.24) is 0 Å². The fraction of sp³-hybridized carbons (Fsp3) is 0.154. The molecule has 0 fully saturated rings. The third-order valence-electron chi connectivity index (χ3n) is 2.67. The van der Waals surface area contributed by atoms with E-state index in [-0.39, 0.29) is 5.56 Å². The van der Waals surface area contributed by atoms with E-state index in [2.05, 4.69) is 0 Å². The minimum absolute atomic E-state index is 0.00833. The van der Waals surface area contributed by atoms with Crippen molar-refractivity contribution in [2.45, 2.75) is 6.43 Å². The molecule has 0 radical (unpaired) electrons. The van der Waals surface area contributed by atoms with Crippen LogP contribution in [0.5, 0.6) is 0 Å². The van der Waals surface area contributed by atoms with Crippen LogP contribution < -0.4 is 4.90 Å². The van der Waals surface area contributed by atoms with Gasteiger partial charge in [0.25, 0.3) is 6.43 Å². The Morgan fingerprint density at radius 2 is 1.76 bits per heavy atom. The zero-order chi connectivity index (χ0) is 12.4. The van der Waals surface area contributed by atoms with Gasteiger partial charge >= 0.3 is 0 Å². The molecule has 0 heterocycles. The molecule has 0 unspecified atom stereocenters. The highest BCUT2D eigenvalue weighted by molar-refractivity contribution is 5.89. The zero-order valence-corrected chi connectivity index (χ0v) is 9.23. The first-order chi connectivity index (χ1) is 8.11. The summed E-state index contributed by atoms with van der Waals surface area (Å²) in [5.41, 5.74) is 0.742. The topological polar surface area (TPSA) is 20.3 Å². The molecule has 2 aromatic rings. The number of amides is 1. The molecule has 2 rings (SSSR count). The smallest absolute Gasteiger partial charge is 0.263 e. The summed E-state index contributed by atoms with van der Waals surface area (Å²) in [4.78, 5) is 12.0. The number of hydrogen-bond donors (Lipinski definition) is 0. The van der Waals surface area contributed by atoms with Gasteiger partial charge in [0, 0.05) is 18.3 Å². The molecule has 0 aliphatic heterocycles. The number of carbonyl (C=O) groups excluding carboxylic acids is 1. The Hall–Kier alpha value is -1.97. The van der Waals surface area contributed by atoms with Gasteiger partial charge in [-0.15, -0.1) is 0 Å². The number of benzene rings is 2. The van der Waals surface area contributed by atoms with Crippen molar-refractivity contribution in [2.75, 3.05) is 11.9 Å². The average molecular weight is 235 g/mol. The van der Waals surface area contributed by atoms with Gasteiger partial charge in [0.05, 0.1) is 0 Å². The van der Waals surface area contributed by atoms with Crippen LogP contribution >= 0.6 is 0 Å². The van der Waals surface area contributed by atoms with Gasteiger partial charge in [-0.3, -0.25) is 4.79 Å². The molecule has 0 aliphatic rings. The number of carbonyl (C=O) groups is 1. The number of halogens is 2. The Balaban J connectivity index is 2.50. The summed E-state index contributed by atoms with van der Waals surface area (Å²) in [5, 5.41) is 1.58. The number of fused-ring (bicyclic) bond motifs is 1. The molecule has 17 heavy (non-hydrogen) atoms. The number of alkyl halides is 2. The normalized spacial score (nSPS) is 10.8. The van der Waals surface area contributed by atoms with Gasteiger partial charge in [0.2, 0.25) is 6.41 Å². The van der Waals surface area contributed by atoms with Gasteiger partial charge in [0.15, 0.2) is 0 Å². The van der Waals surface area contributed by atoms with Gasteiger partial charge in [-0.05, 0) is 29.0 Å². The zero-order valence-electron chi connectivity index (χ0n) is 9.23. The van der Waals surface area contributed by atoms with Crippen LogP contribution in [0.15, 0.2) is 36.4 Å². The van der Waals surface area contributed by atoms with Gasteiger partial charge in [-0.1, -0.05) is 18.2 Å². The molecule has 1 amide bonds. The van der Waals surface area contributed by atoms with Crippen LogP contribution in [0, 0.1) is 0 Å². The lowest BCUT2D eigenvalue weighted by molar-refractivity contribution is -0.107. The first-order valence-electron chi connectivity index (χ1n) is 5.12. The Labute approximate surface area is 97.5 Å². The quantitative estimate of drug-likeness (QED) is 0.747. The number of anilines is 1. The third kappa shape index (κ3) is 2.25. The summed E-state index contributed by atoms with van der Waals surface area (Å²) < 4.78 is 25.0. The van der Waals surface area contributed by atoms with E-state index in [1.807, 2.05) is 0 Å². The molecule has 0 bridgehead atoms. The Kier molecular flexibility index (Phi) is 3.04. The van der Waals surface area contributed by atoms with Crippen molar-refractivity contribution in [3.8, 4) is 0 Å². The summed E-state index contributed by atoms with van der Waals surface area (Å²) in [6, 6.07) is 9.75. The van der Waals surface area contributed by atoms with Crippen molar-refractivity contribution >= 4 is 22.9 Å². The van der Waals surface area contributed by atoms with E-state index in [0.717, 1.165) is 16.5 Å². The lowest BCUT2D eigenvalue weighted by atomic mass is 10.1. The molecule has 0 N–H and O–H groups in total. The van der Waals surface area contributed by atoms with E-state index >= 15 is 0 Å². The van der Waals surface area contributed by atoms with Gasteiger partial charge in [-0.2, -0.15) is 0 Å². The molecule has 2 nitrogen and oxygen atoms in total. The maximum Gasteiger partial charge on any atom is 0.263 e. The SMILES string of the molecule is CN(C=O)c1ccc2cc(C(F)F)ccc2c1. The van der Waals surface area contributed by atoms with E-state index in [9.17, 15) is 13.6 Å². The predicted octanol–water partition coefficient (Wildman–Crippen LogP) is 3.37. The summed E-state index contributed by atoms with van der Waals surface area (Å²) in [6.45, 7) is 0. The summed E-state index contributed by atoms with van der Waals surface area (Å²) in [7, 11) is 1.64. The second kappa shape index (κ2) is 4.49. The molecular weight excluding hydrogens is 224 g/mol. The van der Waals surface area contributed by atoms with Crippen molar-refractivity contribution in [3.05, 3.63) is 42.0 Å². The average Bonchev–Trinajstić information content (AvgIpc) is 2.36. The maximum absolute atomic E-state index is 12.5. The minimum atomic E-state index is -2.46. The van der Waals surface area contributed by atoms with Crippen LogP contribution in [0.2, 0.25) is 0 Å². The summed E-state index contributed by atoms with van der Waals surface area (Å²) in [6.07, 6.45) is -1.76. The first-order valence-corrected chi connectivity index (χ1v) is 5.12. The standard InChI is InChI=1S/C13H11F2NO/c1-16(8-17)12-5-4-9-6-11(13(14)15)3-2-10(9)7-12/h2-8,13H,1H3. The second-order valence-electron chi connectivity index (χ2n) is 3.81. The van der Waals surface area contributed by atoms with Gasteiger partial charge in [0.1, 0.15) is 0 Å². The predicted molar refractivity (Wildman–Crippen MR) is 63.4 cm³/mol. The molecule has 0 aromatic heterocycles. The van der Waals surface area contributed by atoms with E-state index in [1.54, 1.807) is 31.3 Å². The first kappa shape index (κ1) is 11.5. The molecule has 88 valence electrons. The van der Waals surface area contributed by atoms with Gasteiger partial charge < -0.3 is 4.90 Å². The van der Waals surface area contributed by atoms with Crippen LogP contribution in [0.25, 0.3) is 10.8 Å².